The number of nitro benzene ring substituents is 1. The molecule has 21 heavy (non-hydrogen) atoms. The van der Waals surface area contributed by atoms with Crippen LogP contribution in [0.1, 0.15) is 19.8 Å². The van der Waals surface area contributed by atoms with Gasteiger partial charge in [0.15, 0.2) is 0 Å². The van der Waals surface area contributed by atoms with E-state index < -0.39 is 14.9 Å². The maximum atomic E-state index is 12.7. The molecule has 2 atom stereocenters. The summed E-state index contributed by atoms with van der Waals surface area (Å²) in [6.45, 7) is 2.71. The molecule has 8 heteroatoms. The van der Waals surface area contributed by atoms with Gasteiger partial charge in [-0.1, -0.05) is 13.0 Å². The van der Waals surface area contributed by atoms with Crippen LogP contribution >= 0.6 is 0 Å². The van der Waals surface area contributed by atoms with Crippen LogP contribution in [0.15, 0.2) is 29.2 Å². The predicted octanol–water partition coefficient (Wildman–Crippen LogP) is 1.34. The van der Waals surface area contributed by atoms with Crippen LogP contribution in [0.5, 0.6) is 0 Å². The lowest BCUT2D eigenvalue weighted by atomic mass is 9.94. The van der Waals surface area contributed by atoms with Crippen molar-refractivity contribution in [1.29, 1.82) is 0 Å². The van der Waals surface area contributed by atoms with E-state index in [4.69, 9.17) is 5.73 Å². The molecule has 0 amide bonds. The summed E-state index contributed by atoms with van der Waals surface area (Å²) in [5, 5.41) is 10.8. The minimum Gasteiger partial charge on any atom is -0.329 e. The van der Waals surface area contributed by atoms with E-state index in [1.54, 1.807) is 0 Å². The van der Waals surface area contributed by atoms with Gasteiger partial charge in [-0.3, -0.25) is 10.1 Å². The van der Waals surface area contributed by atoms with Gasteiger partial charge in [0.25, 0.3) is 5.69 Å². The molecular formula is C13H19N3O4S. The van der Waals surface area contributed by atoms with Gasteiger partial charge in [0.1, 0.15) is 0 Å². The fourth-order valence-corrected chi connectivity index (χ4v) is 4.35. The molecule has 116 valence electrons. The SMILES string of the molecule is CC1CCN(S(=O)(=O)c2cccc([N+](=O)[O-])c2)C(CN)C1. The molecule has 7 nitrogen and oxygen atoms in total. The molecule has 2 unspecified atom stereocenters. The Morgan fingerprint density at radius 2 is 2.19 bits per heavy atom. The van der Waals surface area contributed by atoms with Crippen molar-refractivity contribution in [2.24, 2.45) is 11.7 Å². The number of non-ortho nitro benzene ring substituents is 1. The molecule has 1 heterocycles. The van der Waals surface area contributed by atoms with Crippen LogP contribution in [0.4, 0.5) is 5.69 Å². The zero-order valence-corrected chi connectivity index (χ0v) is 12.6. The summed E-state index contributed by atoms with van der Waals surface area (Å²) < 4.78 is 26.8. The quantitative estimate of drug-likeness (QED) is 0.667. The molecule has 1 aliphatic rings. The zero-order chi connectivity index (χ0) is 15.6. The van der Waals surface area contributed by atoms with Gasteiger partial charge in [0, 0.05) is 31.3 Å². The number of nitrogens with zero attached hydrogens (tertiary/aromatic N) is 2. The highest BCUT2D eigenvalue weighted by Crippen LogP contribution is 2.29. The van der Waals surface area contributed by atoms with E-state index in [2.05, 4.69) is 6.92 Å². The van der Waals surface area contributed by atoms with Crippen LogP contribution in [0.3, 0.4) is 0 Å². The van der Waals surface area contributed by atoms with Gasteiger partial charge in [-0.25, -0.2) is 8.42 Å². The largest absolute Gasteiger partial charge is 0.329 e. The van der Waals surface area contributed by atoms with Crippen LogP contribution in [-0.2, 0) is 10.0 Å². The molecule has 0 radical (unpaired) electrons. The van der Waals surface area contributed by atoms with Crippen molar-refractivity contribution in [2.75, 3.05) is 13.1 Å². The first-order valence-electron chi connectivity index (χ1n) is 6.82. The summed E-state index contributed by atoms with van der Waals surface area (Å²) in [6.07, 6.45) is 1.48. The highest BCUT2D eigenvalue weighted by atomic mass is 32.2. The number of hydrogen-bond acceptors (Lipinski definition) is 5. The summed E-state index contributed by atoms with van der Waals surface area (Å²) in [7, 11) is -3.75. The van der Waals surface area contributed by atoms with E-state index in [0.29, 0.717) is 18.9 Å². The lowest BCUT2D eigenvalue weighted by Crippen LogP contribution is -2.49. The summed E-state index contributed by atoms with van der Waals surface area (Å²) in [5.41, 5.74) is 5.46. The molecule has 1 aromatic rings. The summed E-state index contributed by atoms with van der Waals surface area (Å²) >= 11 is 0. The number of nitrogens with two attached hydrogens (primary N) is 1. The molecule has 0 aromatic heterocycles. The lowest BCUT2D eigenvalue weighted by Gasteiger charge is -2.36. The Labute approximate surface area is 123 Å². The molecule has 1 saturated heterocycles. The van der Waals surface area contributed by atoms with Crippen LogP contribution in [0.25, 0.3) is 0 Å². The second kappa shape index (κ2) is 6.08. The first-order valence-corrected chi connectivity index (χ1v) is 8.26. The third-order valence-electron chi connectivity index (χ3n) is 3.83. The van der Waals surface area contributed by atoms with Crippen molar-refractivity contribution in [3.63, 3.8) is 0 Å². The fourth-order valence-electron chi connectivity index (χ4n) is 2.65. The van der Waals surface area contributed by atoms with Crippen molar-refractivity contribution in [2.45, 2.75) is 30.7 Å². The topological polar surface area (TPSA) is 107 Å². The van der Waals surface area contributed by atoms with Gasteiger partial charge in [-0.2, -0.15) is 4.31 Å². The lowest BCUT2D eigenvalue weighted by molar-refractivity contribution is -0.385. The van der Waals surface area contributed by atoms with E-state index >= 15 is 0 Å². The van der Waals surface area contributed by atoms with Crippen molar-refractivity contribution in [3.8, 4) is 0 Å². The van der Waals surface area contributed by atoms with Gasteiger partial charge in [0.2, 0.25) is 10.0 Å². The van der Waals surface area contributed by atoms with E-state index in [1.165, 1.54) is 22.5 Å². The summed E-state index contributed by atoms with van der Waals surface area (Å²) in [4.78, 5) is 10.1. The standard InChI is InChI=1S/C13H19N3O4S/c1-10-5-6-15(12(7-10)9-14)21(19,20)13-4-2-3-11(8-13)16(17)18/h2-4,8,10,12H,5-7,9,14H2,1H3. The molecule has 1 aliphatic heterocycles. The van der Waals surface area contributed by atoms with Crippen molar-refractivity contribution >= 4 is 15.7 Å². The number of piperidine rings is 1. The fraction of sp³-hybridized carbons (Fsp3) is 0.538. The molecule has 0 bridgehead atoms. The Hall–Kier alpha value is -1.51. The van der Waals surface area contributed by atoms with Crippen LogP contribution in [0, 0.1) is 16.0 Å². The van der Waals surface area contributed by atoms with Crippen LogP contribution in [-0.4, -0.2) is 36.8 Å². The average molecular weight is 313 g/mol. The molecule has 0 spiro atoms. The summed E-state index contributed by atoms with van der Waals surface area (Å²) in [5.74, 6) is 0.426. The smallest absolute Gasteiger partial charge is 0.270 e. The van der Waals surface area contributed by atoms with E-state index in [9.17, 15) is 18.5 Å². The van der Waals surface area contributed by atoms with E-state index in [-0.39, 0.29) is 23.2 Å². The monoisotopic (exact) mass is 313 g/mol. The minimum atomic E-state index is -3.75. The van der Waals surface area contributed by atoms with Gasteiger partial charge in [0.05, 0.1) is 9.82 Å². The van der Waals surface area contributed by atoms with Gasteiger partial charge in [-0.05, 0) is 24.8 Å². The molecule has 0 saturated carbocycles. The average Bonchev–Trinajstić information content (AvgIpc) is 2.46. The van der Waals surface area contributed by atoms with Crippen molar-refractivity contribution < 1.29 is 13.3 Å². The van der Waals surface area contributed by atoms with Crippen molar-refractivity contribution in [3.05, 3.63) is 34.4 Å². The van der Waals surface area contributed by atoms with E-state index in [1.807, 2.05) is 0 Å². The number of rotatable bonds is 4. The maximum absolute atomic E-state index is 12.7. The van der Waals surface area contributed by atoms with Crippen LogP contribution in [0.2, 0.25) is 0 Å². The second-order valence-electron chi connectivity index (χ2n) is 5.39. The highest BCUT2D eigenvalue weighted by Gasteiger charge is 2.35. The van der Waals surface area contributed by atoms with Gasteiger partial charge < -0.3 is 5.73 Å². The molecular weight excluding hydrogens is 294 g/mol. The van der Waals surface area contributed by atoms with Gasteiger partial charge >= 0.3 is 0 Å². The Kier molecular flexibility index (Phi) is 4.60. The molecule has 2 rings (SSSR count). The normalized spacial score (nSPS) is 23.9. The molecule has 1 aromatic carbocycles. The highest BCUT2D eigenvalue weighted by molar-refractivity contribution is 7.89. The minimum absolute atomic E-state index is 0.0512. The number of benzene rings is 1. The third-order valence-corrected chi connectivity index (χ3v) is 5.78. The molecule has 0 aliphatic carbocycles. The second-order valence-corrected chi connectivity index (χ2v) is 7.28. The Morgan fingerprint density at radius 3 is 2.81 bits per heavy atom. The predicted molar refractivity (Wildman–Crippen MR) is 78.2 cm³/mol. The number of nitro groups is 1. The summed E-state index contributed by atoms with van der Waals surface area (Å²) in [6, 6.07) is 4.89. The van der Waals surface area contributed by atoms with Crippen molar-refractivity contribution in [1.82, 2.24) is 4.31 Å². The Morgan fingerprint density at radius 1 is 1.48 bits per heavy atom. The Bertz CT molecular complexity index is 632. The molecule has 1 fully saturated rings. The van der Waals surface area contributed by atoms with E-state index in [0.717, 1.165) is 12.5 Å². The third kappa shape index (κ3) is 3.22. The van der Waals surface area contributed by atoms with Crippen LogP contribution < -0.4 is 5.73 Å². The number of sulfonamides is 1. The molecule has 2 N–H and O–H groups in total. The number of hydrogen-bond donors (Lipinski definition) is 1. The van der Waals surface area contributed by atoms with Gasteiger partial charge in [-0.15, -0.1) is 0 Å². The first-order chi connectivity index (χ1) is 9.86. The Balaban J connectivity index is 2.37. The first kappa shape index (κ1) is 15.9. The zero-order valence-electron chi connectivity index (χ0n) is 11.8. The maximum Gasteiger partial charge on any atom is 0.270 e.